The minimum absolute atomic E-state index is 0.163. The molecule has 4 atom stereocenters. The molecule has 0 radical (unpaired) electrons. The van der Waals surface area contributed by atoms with Crippen LogP contribution < -0.4 is 5.32 Å². The van der Waals surface area contributed by atoms with Gasteiger partial charge < -0.3 is 14.6 Å². The molecule has 0 aromatic carbocycles. The average molecular weight is 243 g/mol. The van der Waals surface area contributed by atoms with Gasteiger partial charge in [-0.25, -0.2) is 0 Å². The molecule has 2 aliphatic rings. The molecule has 0 bridgehead atoms. The molecular weight excluding hydrogens is 222 g/mol. The van der Waals surface area contributed by atoms with E-state index in [4.69, 9.17) is 9.47 Å². The van der Waals surface area contributed by atoms with Gasteiger partial charge >= 0.3 is 5.97 Å². The van der Waals surface area contributed by atoms with Crippen LogP contribution in [0.1, 0.15) is 32.6 Å². The molecule has 2 rings (SSSR count). The van der Waals surface area contributed by atoms with Gasteiger partial charge in [0.2, 0.25) is 0 Å². The lowest BCUT2D eigenvalue weighted by molar-refractivity contribution is -0.143. The summed E-state index contributed by atoms with van der Waals surface area (Å²) in [4.78, 5) is 11.2. The summed E-state index contributed by atoms with van der Waals surface area (Å²) < 4.78 is 11.1. The van der Waals surface area contributed by atoms with Gasteiger partial charge in [-0.1, -0.05) is 0 Å². The maximum atomic E-state index is 11.2. The second-order valence-electron chi connectivity index (χ2n) is 4.92. The molecule has 0 aromatic heterocycles. The summed E-state index contributed by atoms with van der Waals surface area (Å²) in [5, 5.41) is 12.3. The van der Waals surface area contributed by atoms with Gasteiger partial charge in [0.15, 0.2) is 0 Å². The van der Waals surface area contributed by atoms with E-state index in [1.165, 1.54) is 0 Å². The zero-order chi connectivity index (χ0) is 12.3. The molecule has 5 heteroatoms. The number of carboxylic acid groups (broad SMARTS) is 1. The molecule has 2 aliphatic heterocycles. The number of rotatable bonds is 5. The lowest BCUT2D eigenvalue weighted by Gasteiger charge is -2.22. The minimum Gasteiger partial charge on any atom is -0.480 e. The Morgan fingerprint density at radius 2 is 2.29 bits per heavy atom. The Morgan fingerprint density at radius 3 is 2.82 bits per heavy atom. The second kappa shape index (κ2) is 5.80. The minimum atomic E-state index is -0.831. The summed E-state index contributed by atoms with van der Waals surface area (Å²) in [5.74, 6) is -0.831. The molecule has 0 aromatic rings. The SMILES string of the molecule is CC1CCC(C(NCC2CCCO2)C(=O)O)O1. The number of hydrogen-bond donors (Lipinski definition) is 2. The molecule has 0 aliphatic carbocycles. The standard InChI is InChI=1S/C12H21NO4/c1-8-4-5-10(17-8)11(12(14)15)13-7-9-3-2-6-16-9/h8-11,13H,2-7H2,1H3,(H,14,15). The van der Waals surface area contributed by atoms with Crippen molar-refractivity contribution in [1.82, 2.24) is 5.32 Å². The molecule has 0 saturated carbocycles. The first kappa shape index (κ1) is 12.8. The van der Waals surface area contributed by atoms with Crippen LogP contribution in [-0.2, 0) is 14.3 Å². The fourth-order valence-corrected chi connectivity index (χ4v) is 2.52. The van der Waals surface area contributed by atoms with Gasteiger partial charge in [0, 0.05) is 13.2 Å². The Hall–Kier alpha value is -0.650. The topological polar surface area (TPSA) is 67.8 Å². The zero-order valence-electron chi connectivity index (χ0n) is 10.2. The van der Waals surface area contributed by atoms with Gasteiger partial charge in [0.05, 0.1) is 18.3 Å². The average Bonchev–Trinajstić information content (AvgIpc) is 2.90. The lowest BCUT2D eigenvalue weighted by atomic mass is 10.1. The van der Waals surface area contributed by atoms with Crippen molar-refractivity contribution < 1.29 is 19.4 Å². The van der Waals surface area contributed by atoms with Crippen LogP contribution in [0, 0.1) is 0 Å². The van der Waals surface area contributed by atoms with Crippen LogP contribution in [0.3, 0.4) is 0 Å². The summed E-state index contributed by atoms with van der Waals surface area (Å²) in [5.41, 5.74) is 0. The van der Waals surface area contributed by atoms with Crippen molar-refractivity contribution in [1.29, 1.82) is 0 Å². The van der Waals surface area contributed by atoms with E-state index in [1.54, 1.807) is 0 Å². The summed E-state index contributed by atoms with van der Waals surface area (Å²) in [6, 6.07) is -0.607. The number of ether oxygens (including phenoxy) is 2. The number of carbonyl (C=O) groups is 1. The van der Waals surface area contributed by atoms with E-state index >= 15 is 0 Å². The fourth-order valence-electron chi connectivity index (χ4n) is 2.52. The molecule has 0 spiro atoms. The van der Waals surface area contributed by atoms with Crippen molar-refractivity contribution in [3.05, 3.63) is 0 Å². The summed E-state index contributed by atoms with van der Waals surface area (Å²) >= 11 is 0. The van der Waals surface area contributed by atoms with E-state index in [1.807, 2.05) is 6.92 Å². The predicted molar refractivity (Wildman–Crippen MR) is 62.0 cm³/mol. The van der Waals surface area contributed by atoms with E-state index in [-0.39, 0.29) is 18.3 Å². The molecule has 2 saturated heterocycles. The maximum Gasteiger partial charge on any atom is 0.323 e. The number of carboxylic acids is 1. The lowest BCUT2D eigenvalue weighted by Crippen LogP contribution is -2.48. The Bertz CT molecular complexity index is 265. The van der Waals surface area contributed by atoms with Crippen molar-refractivity contribution in [2.45, 2.75) is 57.0 Å². The van der Waals surface area contributed by atoms with Crippen molar-refractivity contribution in [2.75, 3.05) is 13.2 Å². The highest BCUT2D eigenvalue weighted by molar-refractivity contribution is 5.74. The molecular formula is C12H21NO4. The fraction of sp³-hybridized carbons (Fsp3) is 0.917. The van der Waals surface area contributed by atoms with Crippen LogP contribution in [-0.4, -0.2) is 48.6 Å². The molecule has 98 valence electrons. The second-order valence-corrected chi connectivity index (χ2v) is 4.92. The van der Waals surface area contributed by atoms with Gasteiger partial charge in [-0.3, -0.25) is 10.1 Å². The van der Waals surface area contributed by atoms with E-state index in [2.05, 4.69) is 5.32 Å². The number of hydrogen-bond acceptors (Lipinski definition) is 4. The van der Waals surface area contributed by atoms with Gasteiger partial charge in [-0.15, -0.1) is 0 Å². The van der Waals surface area contributed by atoms with Crippen LogP contribution in [0.5, 0.6) is 0 Å². The molecule has 4 unspecified atom stereocenters. The number of aliphatic carboxylic acids is 1. The first-order chi connectivity index (χ1) is 8.16. The quantitative estimate of drug-likeness (QED) is 0.746. The van der Waals surface area contributed by atoms with Gasteiger partial charge in [0.25, 0.3) is 0 Å². The summed E-state index contributed by atoms with van der Waals surface area (Å²) in [6.45, 7) is 3.38. The van der Waals surface area contributed by atoms with Gasteiger partial charge in [-0.05, 0) is 32.6 Å². The Labute approximate surface area is 101 Å². The van der Waals surface area contributed by atoms with Crippen molar-refractivity contribution >= 4 is 5.97 Å². The summed E-state index contributed by atoms with van der Waals surface area (Å²) in [6.07, 6.45) is 3.97. The highest BCUT2D eigenvalue weighted by atomic mass is 16.5. The highest BCUT2D eigenvalue weighted by Crippen LogP contribution is 2.22. The molecule has 2 heterocycles. The third-order valence-corrected chi connectivity index (χ3v) is 3.49. The number of nitrogens with one attached hydrogen (secondary N) is 1. The van der Waals surface area contributed by atoms with E-state index in [9.17, 15) is 9.90 Å². The molecule has 5 nitrogen and oxygen atoms in total. The molecule has 0 amide bonds. The highest BCUT2D eigenvalue weighted by Gasteiger charge is 2.34. The monoisotopic (exact) mass is 243 g/mol. The van der Waals surface area contributed by atoms with Crippen molar-refractivity contribution in [3.63, 3.8) is 0 Å². The maximum absolute atomic E-state index is 11.2. The van der Waals surface area contributed by atoms with Crippen LogP contribution in [0.2, 0.25) is 0 Å². The third kappa shape index (κ3) is 3.40. The first-order valence-corrected chi connectivity index (χ1v) is 6.40. The predicted octanol–water partition coefficient (Wildman–Crippen LogP) is 0.776. The van der Waals surface area contributed by atoms with Crippen molar-refractivity contribution in [2.24, 2.45) is 0 Å². The third-order valence-electron chi connectivity index (χ3n) is 3.49. The smallest absolute Gasteiger partial charge is 0.323 e. The normalized spacial score (nSPS) is 35.0. The van der Waals surface area contributed by atoms with Crippen LogP contribution in [0.4, 0.5) is 0 Å². The first-order valence-electron chi connectivity index (χ1n) is 6.40. The van der Waals surface area contributed by atoms with E-state index < -0.39 is 12.0 Å². The Morgan fingerprint density at radius 1 is 1.47 bits per heavy atom. The van der Waals surface area contributed by atoms with E-state index in [0.717, 1.165) is 32.3 Å². The molecule has 2 fully saturated rings. The summed E-state index contributed by atoms with van der Waals surface area (Å²) in [7, 11) is 0. The van der Waals surface area contributed by atoms with Gasteiger partial charge in [0.1, 0.15) is 6.04 Å². The largest absolute Gasteiger partial charge is 0.480 e. The molecule has 17 heavy (non-hydrogen) atoms. The van der Waals surface area contributed by atoms with Crippen LogP contribution in [0.25, 0.3) is 0 Å². The van der Waals surface area contributed by atoms with Crippen LogP contribution in [0.15, 0.2) is 0 Å². The molecule has 2 N–H and O–H groups in total. The zero-order valence-corrected chi connectivity index (χ0v) is 10.2. The van der Waals surface area contributed by atoms with E-state index in [0.29, 0.717) is 6.54 Å². The van der Waals surface area contributed by atoms with Crippen LogP contribution >= 0.6 is 0 Å². The Kier molecular flexibility index (Phi) is 4.36. The Balaban J connectivity index is 1.82. The van der Waals surface area contributed by atoms with Crippen molar-refractivity contribution in [3.8, 4) is 0 Å². The van der Waals surface area contributed by atoms with Gasteiger partial charge in [-0.2, -0.15) is 0 Å².